The molecule has 0 radical (unpaired) electrons. The fraction of sp³-hybridized carbons (Fsp3) is 0.409. The number of nitrogens with zero attached hydrogens (tertiary/aromatic N) is 3. The Morgan fingerprint density at radius 2 is 2.03 bits per heavy atom. The van der Waals surface area contributed by atoms with Gasteiger partial charge in [-0.1, -0.05) is 19.9 Å². The van der Waals surface area contributed by atoms with E-state index >= 15 is 0 Å². The molecule has 0 spiro atoms. The maximum absolute atomic E-state index is 13.3. The first-order chi connectivity index (χ1) is 16.4. The van der Waals surface area contributed by atoms with Gasteiger partial charge < -0.3 is 10.4 Å². The Kier molecular flexibility index (Phi) is 6.49. The molecule has 0 saturated carbocycles. The minimum absolute atomic E-state index is 0.0496. The summed E-state index contributed by atoms with van der Waals surface area (Å²) in [5.74, 6) is -0.448. The molecule has 2 heterocycles. The van der Waals surface area contributed by atoms with Gasteiger partial charge in [0, 0.05) is 12.2 Å². The first-order valence-corrected chi connectivity index (χ1v) is 14.5. The molecule has 188 valence electrons. The van der Waals surface area contributed by atoms with Gasteiger partial charge in [-0.2, -0.15) is 13.5 Å². The van der Waals surface area contributed by atoms with Crippen molar-refractivity contribution in [1.29, 1.82) is 0 Å². The lowest BCUT2D eigenvalue weighted by molar-refractivity contribution is 0.437. The van der Waals surface area contributed by atoms with E-state index in [1.165, 1.54) is 16.8 Å². The van der Waals surface area contributed by atoms with Crippen LogP contribution in [0.2, 0.25) is 0 Å². The van der Waals surface area contributed by atoms with E-state index in [1.807, 2.05) is 19.9 Å². The Bertz CT molecular complexity index is 1520. The summed E-state index contributed by atoms with van der Waals surface area (Å²) in [7, 11) is -7.95. The van der Waals surface area contributed by atoms with E-state index in [0.717, 1.165) is 30.7 Å². The molecular formula is C22H27N5O6S2. The van der Waals surface area contributed by atoms with Crippen molar-refractivity contribution in [2.75, 3.05) is 16.3 Å². The topological polar surface area (TPSA) is 160 Å². The van der Waals surface area contributed by atoms with Crippen molar-refractivity contribution in [3.8, 4) is 5.75 Å². The highest BCUT2D eigenvalue weighted by molar-refractivity contribution is 7.92. The van der Waals surface area contributed by atoms with Gasteiger partial charge in [-0.3, -0.25) is 9.52 Å². The molecule has 11 nitrogen and oxygen atoms in total. The third kappa shape index (κ3) is 5.25. The third-order valence-corrected chi connectivity index (χ3v) is 7.58. The van der Waals surface area contributed by atoms with Crippen molar-refractivity contribution in [3.63, 3.8) is 0 Å². The fourth-order valence-electron chi connectivity index (χ4n) is 3.95. The van der Waals surface area contributed by atoms with Crippen LogP contribution in [0.4, 0.5) is 11.4 Å². The summed E-state index contributed by atoms with van der Waals surface area (Å²) in [4.78, 5) is 13.1. The Balaban J connectivity index is 1.85. The lowest BCUT2D eigenvalue weighted by Gasteiger charge is -2.21. The van der Waals surface area contributed by atoms with Crippen molar-refractivity contribution < 1.29 is 21.9 Å². The van der Waals surface area contributed by atoms with Crippen LogP contribution in [-0.4, -0.2) is 43.8 Å². The van der Waals surface area contributed by atoms with E-state index < -0.39 is 31.4 Å². The summed E-state index contributed by atoms with van der Waals surface area (Å²) < 4.78 is 56.3. The molecule has 1 aliphatic heterocycles. The molecule has 35 heavy (non-hydrogen) atoms. The van der Waals surface area contributed by atoms with Crippen LogP contribution in [0, 0.1) is 5.92 Å². The number of benzene rings is 1. The summed E-state index contributed by atoms with van der Waals surface area (Å²) in [6, 6.07) is 3.89. The molecule has 0 bridgehead atoms. The van der Waals surface area contributed by atoms with Crippen molar-refractivity contribution in [3.05, 3.63) is 45.9 Å². The van der Waals surface area contributed by atoms with Gasteiger partial charge in [0.25, 0.3) is 15.6 Å². The van der Waals surface area contributed by atoms with E-state index in [9.17, 15) is 26.7 Å². The Labute approximate surface area is 203 Å². The highest BCUT2D eigenvalue weighted by Crippen LogP contribution is 2.35. The van der Waals surface area contributed by atoms with Crippen LogP contribution in [0.3, 0.4) is 0 Å². The van der Waals surface area contributed by atoms with Crippen molar-refractivity contribution in [2.24, 2.45) is 10.3 Å². The molecule has 4 rings (SSSR count). The number of aromatic nitrogens is 2. The molecule has 13 heteroatoms. The molecule has 0 fully saturated rings. The van der Waals surface area contributed by atoms with E-state index in [4.69, 9.17) is 0 Å². The predicted octanol–water partition coefficient (Wildman–Crippen LogP) is 2.49. The van der Waals surface area contributed by atoms with Gasteiger partial charge in [-0.05, 0) is 55.4 Å². The summed E-state index contributed by atoms with van der Waals surface area (Å²) >= 11 is 0. The zero-order chi connectivity index (χ0) is 25.5. The predicted molar refractivity (Wildman–Crippen MR) is 134 cm³/mol. The molecule has 0 amide bonds. The molecular weight excluding hydrogens is 494 g/mol. The molecule has 1 aromatic heterocycles. The number of rotatable bonds is 7. The van der Waals surface area contributed by atoms with Crippen molar-refractivity contribution >= 4 is 42.8 Å². The average Bonchev–Trinajstić information content (AvgIpc) is 3.27. The number of amidine groups is 1. The van der Waals surface area contributed by atoms with Crippen LogP contribution in [0.5, 0.6) is 5.75 Å². The van der Waals surface area contributed by atoms with Crippen LogP contribution in [-0.2, 0) is 26.6 Å². The average molecular weight is 522 g/mol. The quantitative estimate of drug-likeness (QED) is 0.501. The summed E-state index contributed by atoms with van der Waals surface area (Å²) in [5, 5.41) is 18.3. The largest absolute Gasteiger partial charge is 0.505 e. The molecule has 0 atom stereocenters. The van der Waals surface area contributed by atoms with Crippen molar-refractivity contribution in [2.45, 2.75) is 51.0 Å². The first-order valence-electron chi connectivity index (χ1n) is 11.1. The number of nitrogens with one attached hydrogen (secondary N) is 2. The van der Waals surface area contributed by atoms with Crippen LogP contribution in [0.15, 0.2) is 38.4 Å². The van der Waals surface area contributed by atoms with Gasteiger partial charge >= 0.3 is 0 Å². The third-order valence-electron chi connectivity index (χ3n) is 5.66. The monoisotopic (exact) mass is 521 g/mol. The second-order valence-corrected chi connectivity index (χ2v) is 12.4. The number of fused-ring (bicyclic) bond motifs is 1. The zero-order valence-corrected chi connectivity index (χ0v) is 21.2. The molecule has 0 unspecified atom stereocenters. The van der Waals surface area contributed by atoms with Gasteiger partial charge in [-0.15, -0.1) is 4.40 Å². The summed E-state index contributed by atoms with van der Waals surface area (Å²) in [5.41, 5.74) is 0.234. The molecule has 0 saturated heterocycles. The Morgan fingerprint density at radius 3 is 2.66 bits per heavy atom. The Morgan fingerprint density at radius 1 is 1.29 bits per heavy atom. The summed E-state index contributed by atoms with van der Waals surface area (Å²) in [6.07, 6.45) is 5.95. The van der Waals surface area contributed by atoms with Gasteiger partial charge in [0.05, 0.1) is 11.9 Å². The molecule has 1 aromatic carbocycles. The minimum atomic E-state index is -4.33. The zero-order valence-electron chi connectivity index (χ0n) is 19.6. The molecule has 2 aliphatic rings. The van der Waals surface area contributed by atoms with Gasteiger partial charge in [0.2, 0.25) is 10.0 Å². The van der Waals surface area contributed by atoms with Gasteiger partial charge in [0.15, 0.2) is 11.6 Å². The SMILES string of the molecule is CC(C)CCn1nc(C2=CCCC2)c(O)c(C2=NS(=O)(=O)c3cc(NS(C)(=O)=O)ccc3N2)c1=O. The smallest absolute Gasteiger partial charge is 0.286 e. The second kappa shape index (κ2) is 9.11. The number of aromatic hydroxyl groups is 1. The van der Waals surface area contributed by atoms with E-state index in [0.29, 0.717) is 25.3 Å². The highest BCUT2D eigenvalue weighted by Gasteiger charge is 2.31. The van der Waals surface area contributed by atoms with Crippen LogP contribution in [0.25, 0.3) is 5.57 Å². The van der Waals surface area contributed by atoms with E-state index in [1.54, 1.807) is 0 Å². The normalized spacial score (nSPS) is 16.9. The first kappa shape index (κ1) is 24.9. The highest BCUT2D eigenvalue weighted by atomic mass is 32.2. The van der Waals surface area contributed by atoms with Crippen LogP contribution >= 0.6 is 0 Å². The lowest BCUT2D eigenvalue weighted by atomic mass is 10.1. The standard InChI is InChI=1S/C22H27N5O6S2/c1-13(2)10-11-27-22(29)18(20(28)19(24-27)14-6-4-5-7-14)21-23-16-9-8-15(25-34(3,30)31)12-17(16)35(32,33)26-21/h6,8-9,12-13,25,28H,4-5,7,10-11H2,1-3H3,(H,23,26). The number of hydrogen-bond acceptors (Lipinski definition) is 8. The maximum Gasteiger partial charge on any atom is 0.286 e. The van der Waals surface area contributed by atoms with Crippen LogP contribution in [0.1, 0.15) is 50.8 Å². The molecule has 3 N–H and O–H groups in total. The molecule has 1 aliphatic carbocycles. The second-order valence-electron chi connectivity index (χ2n) is 9.03. The number of aryl methyl sites for hydroxylation is 1. The van der Waals surface area contributed by atoms with Gasteiger partial charge in [0.1, 0.15) is 16.2 Å². The fourth-order valence-corrected chi connectivity index (χ4v) is 5.66. The molecule has 2 aromatic rings. The Hall–Kier alpha value is -3.19. The number of anilines is 2. The van der Waals surface area contributed by atoms with Crippen LogP contribution < -0.4 is 15.6 Å². The number of allylic oxidation sites excluding steroid dienone is 2. The van der Waals surface area contributed by atoms with Gasteiger partial charge in [-0.25, -0.2) is 13.1 Å². The maximum atomic E-state index is 13.3. The minimum Gasteiger partial charge on any atom is -0.505 e. The van der Waals surface area contributed by atoms with Crippen molar-refractivity contribution in [1.82, 2.24) is 9.78 Å². The van der Waals surface area contributed by atoms with E-state index in [2.05, 4.69) is 19.5 Å². The number of hydrogen-bond donors (Lipinski definition) is 3. The summed E-state index contributed by atoms with van der Waals surface area (Å²) in [6.45, 7) is 4.31. The van der Waals surface area contributed by atoms with E-state index in [-0.39, 0.29) is 33.4 Å². The number of sulfonamides is 2. The lowest BCUT2D eigenvalue weighted by Crippen LogP contribution is -2.34.